The maximum Gasteiger partial charge on any atom is 0.223 e. The Labute approximate surface area is 269 Å². The van der Waals surface area contributed by atoms with E-state index >= 15 is 0 Å². The van der Waals surface area contributed by atoms with Gasteiger partial charge in [0.1, 0.15) is 10.0 Å². The van der Waals surface area contributed by atoms with Crippen molar-refractivity contribution < 1.29 is 9.59 Å². The number of hydrogen-bond donors (Lipinski definition) is 0. The van der Waals surface area contributed by atoms with Crippen LogP contribution < -0.4 is 0 Å². The summed E-state index contributed by atoms with van der Waals surface area (Å²) >= 11 is 3.42. The molecule has 6 rings (SSSR count). The second kappa shape index (κ2) is 13.3. The highest BCUT2D eigenvalue weighted by Gasteiger charge is 2.33. The van der Waals surface area contributed by atoms with Gasteiger partial charge in [0.2, 0.25) is 11.8 Å². The lowest BCUT2D eigenvalue weighted by Crippen LogP contribution is -2.31. The molecule has 0 spiro atoms. The van der Waals surface area contributed by atoms with Gasteiger partial charge in [0, 0.05) is 38.3 Å². The van der Waals surface area contributed by atoms with Gasteiger partial charge in [0.25, 0.3) is 0 Å². The Morgan fingerprint density at radius 2 is 1.02 bits per heavy atom. The summed E-state index contributed by atoms with van der Waals surface area (Å²) in [5, 5.41) is 2.09. The minimum Gasteiger partial charge on any atom is -0.333 e. The summed E-state index contributed by atoms with van der Waals surface area (Å²) in [4.78, 5) is 41.5. The minimum absolute atomic E-state index is 0.108. The predicted molar refractivity (Wildman–Crippen MR) is 180 cm³/mol. The van der Waals surface area contributed by atoms with E-state index in [1.54, 1.807) is 22.7 Å². The van der Waals surface area contributed by atoms with Crippen molar-refractivity contribution in [1.82, 2.24) is 19.8 Å². The highest BCUT2D eigenvalue weighted by Crippen LogP contribution is 2.40. The summed E-state index contributed by atoms with van der Waals surface area (Å²) < 4.78 is 0. The zero-order valence-electron chi connectivity index (χ0n) is 26.2. The van der Waals surface area contributed by atoms with E-state index in [4.69, 9.17) is 9.97 Å². The SMILES string of the molecule is CC(C)CC(=O)N1CCC[C@H]1c1ncc(-c2ccc(-c3ccc(-c4cnc([C@@H]5CCCN5C(=O)CC(C)C)s4)cc3)cc2)s1. The van der Waals surface area contributed by atoms with Gasteiger partial charge in [-0.15, -0.1) is 22.7 Å². The molecule has 0 unspecified atom stereocenters. The van der Waals surface area contributed by atoms with Crippen LogP contribution in [0.4, 0.5) is 0 Å². The van der Waals surface area contributed by atoms with Gasteiger partial charge in [-0.2, -0.15) is 0 Å². The molecular weight excluding hydrogens is 585 g/mol. The molecule has 6 nitrogen and oxygen atoms in total. The van der Waals surface area contributed by atoms with E-state index in [1.165, 1.54) is 11.1 Å². The first-order valence-corrected chi connectivity index (χ1v) is 17.6. The molecule has 2 atom stereocenters. The van der Waals surface area contributed by atoms with Crippen LogP contribution in [-0.2, 0) is 9.59 Å². The van der Waals surface area contributed by atoms with E-state index in [2.05, 4.69) is 76.2 Å². The monoisotopic (exact) mass is 626 g/mol. The van der Waals surface area contributed by atoms with Crippen LogP contribution in [0.3, 0.4) is 0 Å². The number of amides is 2. The van der Waals surface area contributed by atoms with Crippen molar-refractivity contribution in [3.8, 4) is 32.0 Å². The Morgan fingerprint density at radius 1 is 0.659 bits per heavy atom. The Bertz CT molecular complexity index is 1470. The van der Waals surface area contributed by atoms with Gasteiger partial charge >= 0.3 is 0 Å². The maximum atomic E-state index is 12.8. The van der Waals surface area contributed by atoms with E-state index < -0.39 is 0 Å². The van der Waals surface area contributed by atoms with Crippen molar-refractivity contribution in [2.75, 3.05) is 13.1 Å². The Hall–Kier alpha value is -3.36. The van der Waals surface area contributed by atoms with Gasteiger partial charge in [-0.1, -0.05) is 76.2 Å². The zero-order chi connectivity index (χ0) is 30.8. The van der Waals surface area contributed by atoms with E-state index in [1.807, 2.05) is 22.2 Å². The third-order valence-electron chi connectivity index (χ3n) is 8.60. The fourth-order valence-electron chi connectivity index (χ4n) is 6.38. The van der Waals surface area contributed by atoms with Crippen LogP contribution >= 0.6 is 22.7 Å². The second-order valence-corrected chi connectivity index (χ2v) is 15.1. The highest BCUT2D eigenvalue weighted by molar-refractivity contribution is 7.15. The summed E-state index contributed by atoms with van der Waals surface area (Å²) in [5.41, 5.74) is 4.64. The van der Waals surface area contributed by atoms with Gasteiger partial charge in [-0.3, -0.25) is 9.59 Å². The smallest absolute Gasteiger partial charge is 0.223 e. The topological polar surface area (TPSA) is 66.4 Å². The molecule has 2 aliphatic heterocycles. The summed E-state index contributed by atoms with van der Waals surface area (Å²) in [7, 11) is 0. The number of likely N-dealkylation sites (tertiary alicyclic amines) is 2. The van der Waals surface area contributed by atoms with Crippen LogP contribution in [-0.4, -0.2) is 44.7 Å². The van der Waals surface area contributed by atoms with Crippen LogP contribution in [0, 0.1) is 11.8 Å². The fourth-order valence-corrected chi connectivity index (χ4v) is 8.52. The number of hydrogen-bond acceptors (Lipinski definition) is 6. The average Bonchev–Trinajstić information content (AvgIpc) is 3.83. The number of carbonyl (C=O) groups excluding carboxylic acids is 2. The first-order valence-electron chi connectivity index (χ1n) is 16.0. The lowest BCUT2D eigenvalue weighted by molar-refractivity contribution is -0.133. The van der Waals surface area contributed by atoms with Crippen molar-refractivity contribution in [3.05, 3.63) is 70.9 Å². The molecule has 2 saturated heterocycles. The summed E-state index contributed by atoms with van der Waals surface area (Å²) in [6, 6.07) is 17.6. The molecule has 44 heavy (non-hydrogen) atoms. The Morgan fingerprint density at radius 3 is 1.39 bits per heavy atom. The molecule has 230 valence electrons. The predicted octanol–water partition coefficient (Wildman–Crippen LogP) is 9.02. The largest absolute Gasteiger partial charge is 0.333 e. The van der Waals surface area contributed by atoms with Gasteiger partial charge in [0.05, 0.1) is 21.8 Å². The average molecular weight is 627 g/mol. The summed E-state index contributed by atoms with van der Waals surface area (Å²) in [5.74, 6) is 1.23. The molecule has 4 heterocycles. The number of rotatable bonds is 9. The molecule has 0 aliphatic carbocycles. The van der Waals surface area contributed by atoms with Crippen molar-refractivity contribution in [2.24, 2.45) is 11.8 Å². The fraction of sp³-hybridized carbons (Fsp3) is 0.444. The number of nitrogens with zero attached hydrogens (tertiary/aromatic N) is 4. The van der Waals surface area contributed by atoms with E-state index in [9.17, 15) is 9.59 Å². The number of carbonyl (C=O) groups is 2. The number of benzene rings is 2. The Kier molecular flexibility index (Phi) is 9.29. The molecule has 2 aromatic heterocycles. The Balaban J connectivity index is 1.11. The third-order valence-corrected chi connectivity index (χ3v) is 10.9. The number of thiazole rings is 2. The van der Waals surface area contributed by atoms with Crippen molar-refractivity contribution in [3.63, 3.8) is 0 Å². The van der Waals surface area contributed by atoms with E-state index in [-0.39, 0.29) is 23.9 Å². The van der Waals surface area contributed by atoms with Gasteiger partial charge in [-0.25, -0.2) is 9.97 Å². The van der Waals surface area contributed by atoms with Gasteiger partial charge in [-0.05, 0) is 59.8 Å². The summed E-state index contributed by atoms with van der Waals surface area (Å²) in [6.07, 6.45) is 9.18. The molecule has 0 bridgehead atoms. The molecule has 8 heteroatoms. The first kappa shape index (κ1) is 30.7. The molecule has 2 aromatic carbocycles. The maximum absolute atomic E-state index is 12.8. The first-order chi connectivity index (χ1) is 21.3. The molecule has 0 saturated carbocycles. The molecular formula is C36H42N4O2S2. The third kappa shape index (κ3) is 6.66. The van der Waals surface area contributed by atoms with Crippen LogP contribution in [0.5, 0.6) is 0 Å². The van der Waals surface area contributed by atoms with Crippen molar-refractivity contribution in [2.45, 2.75) is 78.3 Å². The zero-order valence-corrected chi connectivity index (χ0v) is 27.8. The standard InChI is InChI=1S/C36H42N4O2S2/c1-23(2)19-33(41)39-17-5-7-29(39)35-37-21-31(43-35)27-13-9-25(10-14-27)26-11-15-28(16-12-26)32-22-38-36(44-32)30-8-6-18-40(30)34(42)20-24(3)4/h9-16,21-24,29-30H,5-8,17-20H2,1-4H3/t29-,30-/m0/s1. The van der Waals surface area contributed by atoms with Crippen molar-refractivity contribution in [1.29, 1.82) is 0 Å². The number of aromatic nitrogens is 2. The second-order valence-electron chi connectivity index (χ2n) is 13.0. The van der Waals surface area contributed by atoms with Crippen LogP contribution in [0.15, 0.2) is 60.9 Å². The molecule has 2 amide bonds. The lowest BCUT2D eigenvalue weighted by Gasteiger charge is -2.24. The minimum atomic E-state index is 0.108. The van der Waals surface area contributed by atoms with Gasteiger partial charge < -0.3 is 9.80 Å². The molecule has 4 aromatic rings. The molecule has 0 N–H and O–H groups in total. The van der Waals surface area contributed by atoms with Crippen molar-refractivity contribution >= 4 is 34.5 Å². The lowest BCUT2D eigenvalue weighted by atomic mass is 10.0. The molecule has 2 fully saturated rings. The van der Waals surface area contributed by atoms with E-state index in [0.717, 1.165) is 69.7 Å². The van der Waals surface area contributed by atoms with E-state index in [0.29, 0.717) is 24.7 Å². The normalized spacial score (nSPS) is 18.6. The van der Waals surface area contributed by atoms with Crippen LogP contribution in [0.1, 0.15) is 88.3 Å². The quantitative estimate of drug-likeness (QED) is 0.186. The molecule has 2 aliphatic rings. The van der Waals surface area contributed by atoms with Crippen LogP contribution in [0.2, 0.25) is 0 Å². The van der Waals surface area contributed by atoms with Crippen LogP contribution in [0.25, 0.3) is 32.0 Å². The summed E-state index contributed by atoms with van der Waals surface area (Å²) in [6.45, 7) is 10.1. The highest BCUT2D eigenvalue weighted by atomic mass is 32.1. The van der Waals surface area contributed by atoms with Gasteiger partial charge in [0.15, 0.2) is 0 Å². The molecule has 0 radical (unpaired) electrons.